The normalized spacial score (nSPS) is 36.2. The summed E-state index contributed by atoms with van der Waals surface area (Å²) < 4.78 is 5.05. The maximum absolute atomic E-state index is 12.2. The zero-order valence-electron chi connectivity index (χ0n) is 11.2. The summed E-state index contributed by atoms with van der Waals surface area (Å²) in [7, 11) is 1.50. The van der Waals surface area contributed by atoms with Gasteiger partial charge in [0.2, 0.25) is 0 Å². The van der Waals surface area contributed by atoms with Crippen LogP contribution in [-0.2, 0) is 9.53 Å². The molecule has 3 fully saturated rings. The molecule has 17 heavy (non-hydrogen) atoms. The minimum Gasteiger partial charge on any atom is -0.468 e. The van der Waals surface area contributed by atoms with Crippen molar-refractivity contribution in [2.45, 2.75) is 32.2 Å². The maximum atomic E-state index is 12.2. The fourth-order valence-corrected chi connectivity index (χ4v) is 3.14. The highest BCUT2D eigenvalue weighted by Gasteiger charge is 2.52. The molecule has 0 aliphatic carbocycles. The van der Waals surface area contributed by atoms with Gasteiger partial charge >= 0.3 is 5.97 Å². The molecule has 3 aliphatic heterocycles. The maximum Gasteiger partial charge on any atom is 0.327 e. The molecule has 3 aliphatic rings. The quantitative estimate of drug-likeness (QED) is 0.740. The smallest absolute Gasteiger partial charge is 0.327 e. The highest BCUT2D eigenvalue weighted by Crippen LogP contribution is 2.36. The number of piperidine rings is 3. The molecule has 3 rings (SSSR count). The molecule has 2 bridgehead atoms. The summed E-state index contributed by atoms with van der Waals surface area (Å²) in [5.41, 5.74) is -0.449. The molecule has 98 valence electrons. The van der Waals surface area contributed by atoms with Gasteiger partial charge < -0.3 is 15.0 Å². The van der Waals surface area contributed by atoms with E-state index in [2.05, 4.69) is 24.1 Å². The molecular weight excluding hydrogens is 216 g/mol. The third kappa shape index (κ3) is 2.33. The Labute approximate surface area is 104 Å². The van der Waals surface area contributed by atoms with Gasteiger partial charge in [-0.1, -0.05) is 13.8 Å². The second kappa shape index (κ2) is 4.94. The summed E-state index contributed by atoms with van der Waals surface area (Å²) in [6, 6.07) is 0. The van der Waals surface area contributed by atoms with Crippen LogP contribution in [0.1, 0.15) is 26.7 Å². The lowest BCUT2D eigenvalue weighted by Crippen LogP contribution is -2.70. The number of ether oxygens (including phenoxy) is 1. The van der Waals surface area contributed by atoms with E-state index in [-0.39, 0.29) is 5.97 Å². The Morgan fingerprint density at radius 2 is 2.12 bits per heavy atom. The third-order valence-electron chi connectivity index (χ3n) is 4.13. The van der Waals surface area contributed by atoms with Crippen molar-refractivity contribution >= 4 is 5.97 Å². The third-order valence-corrected chi connectivity index (χ3v) is 4.13. The summed E-state index contributed by atoms with van der Waals surface area (Å²) >= 11 is 0. The van der Waals surface area contributed by atoms with Gasteiger partial charge in [-0.25, -0.2) is 4.79 Å². The van der Waals surface area contributed by atoms with Gasteiger partial charge in [0.05, 0.1) is 7.11 Å². The SMILES string of the molecule is COC(=O)C1(NCC(C)C)CN2CCC1CC2. The van der Waals surface area contributed by atoms with Crippen molar-refractivity contribution in [1.82, 2.24) is 10.2 Å². The average Bonchev–Trinajstić information content (AvgIpc) is 2.36. The average molecular weight is 240 g/mol. The molecule has 0 aromatic rings. The van der Waals surface area contributed by atoms with Gasteiger partial charge in [0.15, 0.2) is 0 Å². The van der Waals surface area contributed by atoms with Gasteiger partial charge in [-0.15, -0.1) is 0 Å². The monoisotopic (exact) mass is 240 g/mol. The van der Waals surface area contributed by atoms with Crippen LogP contribution in [0.4, 0.5) is 0 Å². The molecule has 0 aromatic carbocycles. The van der Waals surface area contributed by atoms with Crippen LogP contribution in [0.3, 0.4) is 0 Å². The van der Waals surface area contributed by atoms with Crippen LogP contribution in [0.15, 0.2) is 0 Å². The lowest BCUT2D eigenvalue weighted by Gasteiger charge is -2.51. The lowest BCUT2D eigenvalue weighted by atomic mass is 9.72. The van der Waals surface area contributed by atoms with E-state index >= 15 is 0 Å². The van der Waals surface area contributed by atoms with E-state index in [9.17, 15) is 4.79 Å². The molecule has 0 aromatic heterocycles. The first-order chi connectivity index (χ1) is 8.08. The molecule has 1 unspecified atom stereocenters. The molecule has 0 spiro atoms. The minimum absolute atomic E-state index is 0.0763. The lowest BCUT2D eigenvalue weighted by molar-refractivity contribution is -0.158. The number of methoxy groups -OCH3 is 1. The molecule has 1 N–H and O–H groups in total. The number of nitrogens with zero attached hydrogens (tertiary/aromatic N) is 1. The molecule has 1 atom stereocenters. The number of esters is 1. The number of fused-ring (bicyclic) bond motifs is 3. The highest BCUT2D eigenvalue weighted by molar-refractivity contribution is 5.82. The number of carbonyl (C=O) groups excluding carboxylic acids is 1. The molecule has 3 heterocycles. The number of nitrogens with one attached hydrogen (secondary N) is 1. The van der Waals surface area contributed by atoms with E-state index < -0.39 is 5.54 Å². The van der Waals surface area contributed by atoms with Gasteiger partial charge in [0.1, 0.15) is 5.54 Å². The number of carbonyl (C=O) groups is 1. The Hall–Kier alpha value is -0.610. The van der Waals surface area contributed by atoms with Gasteiger partial charge in [0, 0.05) is 6.54 Å². The van der Waals surface area contributed by atoms with Crippen molar-refractivity contribution in [2.75, 3.05) is 33.3 Å². The molecular formula is C13H24N2O2. The van der Waals surface area contributed by atoms with E-state index in [4.69, 9.17) is 4.74 Å². The Morgan fingerprint density at radius 3 is 2.53 bits per heavy atom. The predicted octanol–water partition coefficient (Wildman–Crippen LogP) is 0.869. The van der Waals surface area contributed by atoms with Crippen molar-refractivity contribution in [3.63, 3.8) is 0 Å². The number of hydrogen-bond acceptors (Lipinski definition) is 4. The van der Waals surface area contributed by atoms with E-state index in [0.717, 1.165) is 39.0 Å². The van der Waals surface area contributed by atoms with E-state index in [1.807, 2.05) is 0 Å². The first-order valence-electron chi connectivity index (χ1n) is 6.64. The van der Waals surface area contributed by atoms with E-state index in [0.29, 0.717) is 11.8 Å². The van der Waals surface area contributed by atoms with Gasteiger partial charge in [-0.05, 0) is 44.3 Å². The Balaban J connectivity index is 2.15. The zero-order valence-corrected chi connectivity index (χ0v) is 11.2. The first kappa shape index (κ1) is 12.8. The van der Waals surface area contributed by atoms with Crippen molar-refractivity contribution in [3.05, 3.63) is 0 Å². The fraction of sp³-hybridized carbons (Fsp3) is 0.923. The van der Waals surface area contributed by atoms with E-state index in [1.54, 1.807) is 0 Å². The molecule has 0 amide bonds. The van der Waals surface area contributed by atoms with Gasteiger partial charge in [0.25, 0.3) is 0 Å². The standard InChI is InChI=1S/C13H24N2O2/c1-10(2)8-14-13(12(16)17-3)9-15-6-4-11(13)5-7-15/h10-11,14H,4-9H2,1-3H3. The molecule has 0 radical (unpaired) electrons. The van der Waals surface area contributed by atoms with Crippen LogP contribution >= 0.6 is 0 Å². The second-order valence-corrected chi connectivity index (χ2v) is 5.79. The number of hydrogen-bond donors (Lipinski definition) is 1. The van der Waals surface area contributed by atoms with Crippen LogP contribution in [0.2, 0.25) is 0 Å². The number of rotatable bonds is 4. The minimum atomic E-state index is -0.449. The summed E-state index contributed by atoms with van der Waals surface area (Å²) in [6.45, 7) is 8.29. The largest absolute Gasteiger partial charge is 0.468 e. The summed E-state index contributed by atoms with van der Waals surface area (Å²) in [4.78, 5) is 14.6. The van der Waals surface area contributed by atoms with Crippen molar-refractivity contribution in [1.29, 1.82) is 0 Å². The Bertz CT molecular complexity index is 285. The Morgan fingerprint density at radius 1 is 1.47 bits per heavy atom. The highest BCUT2D eigenvalue weighted by atomic mass is 16.5. The fourth-order valence-electron chi connectivity index (χ4n) is 3.14. The van der Waals surface area contributed by atoms with Crippen LogP contribution in [0, 0.1) is 11.8 Å². The van der Waals surface area contributed by atoms with Crippen LogP contribution in [0.25, 0.3) is 0 Å². The van der Waals surface area contributed by atoms with Crippen molar-refractivity contribution in [2.24, 2.45) is 11.8 Å². The summed E-state index contributed by atoms with van der Waals surface area (Å²) in [5, 5.41) is 3.50. The van der Waals surface area contributed by atoms with Crippen LogP contribution in [-0.4, -0.2) is 49.7 Å². The van der Waals surface area contributed by atoms with E-state index in [1.165, 1.54) is 7.11 Å². The van der Waals surface area contributed by atoms with Crippen LogP contribution < -0.4 is 5.32 Å². The van der Waals surface area contributed by atoms with Crippen molar-refractivity contribution < 1.29 is 9.53 Å². The molecule has 4 nitrogen and oxygen atoms in total. The Kier molecular flexibility index (Phi) is 3.73. The first-order valence-corrected chi connectivity index (χ1v) is 6.64. The summed E-state index contributed by atoms with van der Waals surface area (Å²) in [6.07, 6.45) is 2.22. The topological polar surface area (TPSA) is 41.6 Å². The zero-order chi connectivity index (χ0) is 12.5. The molecule has 3 saturated heterocycles. The van der Waals surface area contributed by atoms with Crippen molar-refractivity contribution in [3.8, 4) is 0 Å². The molecule has 0 saturated carbocycles. The summed E-state index contributed by atoms with van der Waals surface area (Å²) in [5.74, 6) is 0.915. The van der Waals surface area contributed by atoms with Gasteiger partial charge in [-0.3, -0.25) is 0 Å². The van der Waals surface area contributed by atoms with Gasteiger partial charge in [-0.2, -0.15) is 0 Å². The van der Waals surface area contributed by atoms with Crippen LogP contribution in [0.5, 0.6) is 0 Å². The predicted molar refractivity (Wildman–Crippen MR) is 66.8 cm³/mol. The molecule has 4 heteroatoms. The second-order valence-electron chi connectivity index (χ2n) is 5.79.